The molecular weight excluding hydrogens is 1230 g/mol. The average Bonchev–Trinajstić information content (AvgIpc) is 1.67. The van der Waals surface area contributed by atoms with Crippen molar-refractivity contribution in [3.8, 4) is 0 Å². The first kappa shape index (κ1) is 75.3. The molecule has 3 aromatic carbocycles. The molecule has 0 bridgehead atoms. The van der Waals surface area contributed by atoms with Crippen molar-refractivity contribution in [3.05, 3.63) is 108 Å². The van der Waals surface area contributed by atoms with E-state index in [0.29, 0.717) is 29.5 Å². The van der Waals surface area contributed by atoms with Gasteiger partial charge < -0.3 is 103 Å². The molecule has 10 atom stereocenters. The predicted molar refractivity (Wildman–Crippen MR) is 350 cm³/mol. The third kappa shape index (κ3) is 25.5. The van der Waals surface area contributed by atoms with E-state index < -0.39 is 139 Å². The van der Waals surface area contributed by atoms with Crippen LogP contribution in [0.15, 0.2) is 106 Å². The number of aliphatic imine (C=N–C) groups is 3. The van der Waals surface area contributed by atoms with Gasteiger partial charge >= 0.3 is 5.97 Å². The number of nitrogens with two attached hydrogens (primary N) is 7. The van der Waals surface area contributed by atoms with Crippen LogP contribution in [0.4, 0.5) is 0 Å². The van der Waals surface area contributed by atoms with Crippen LogP contribution in [0.5, 0.6) is 0 Å². The van der Waals surface area contributed by atoms with Gasteiger partial charge in [0.1, 0.15) is 48.3 Å². The number of aliphatic hydroxyl groups excluding tert-OH is 1. The summed E-state index contributed by atoms with van der Waals surface area (Å²) in [7, 11) is 0. The lowest BCUT2D eigenvalue weighted by Gasteiger charge is -2.33. The number of hydrogen-bond donors (Lipinski definition) is 17. The summed E-state index contributed by atoms with van der Waals surface area (Å²) in [6.07, 6.45) is 0.926. The first-order valence-electron chi connectivity index (χ1n) is 31.2. The van der Waals surface area contributed by atoms with Crippen molar-refractivity contribution < 1.29 is 63.0 Å². The lowest BCUT2D eigenvalue weighted by Crippen LogP contribution is -2.60. The first-order chi connectivity index (χ1) is 45.3. The monoisotopic (exact) mass is 1320 g/mol. The van der Waals surface area contributed by atoms with Crippen LogP contribution in [0.2, 0.25) is 0 Å². The molecule has 2 aliphatic heterocycles. The van der Waals surface area contributed by atoms with E-state index >= 15 is 0 Å². The molecule has 10 unspecified atom stereocenters. The molecule has 10 amide bonds. The number of amides is 10. The van der Waals surface area contributed by atoms with E-state index in [0.717, 1.165) is 0 Å². The zero-order valence-corrected chi connectivity index (χ0v) is 53.0. The van der Waals surface area contributed by atoms with Crippen molar-refractivity contribution in [2.24, 2.45) is 55.1 Å². The van der Waals surface area contributed by atoms with E-state index in [1.165, 1.54) is 16.7 Å². The Kier molecular flexibility index (Phi) is 30.5. The summed E-state index contributed by atoms with van der Waals surface area (Å²) >= 11 is 0. The Balaban J connectivity index is 1.31. The van der Waals surface area contributed by atoms with E-state index in [9.17, 15) is 63.0 Å². The highest BCUT2D eigenvalue weighted by Gasteiger charge is 2.46. The van der Waals surface area contributed by atoms with Crippen molar-refractivity contribution in [1.82, 2.24) is 52.3 Å². The third-order valence-corrected chi connectivity index (χ3v) is 15.5. The molecule has 33 nitrogen and oxygen atoms in total. The predicted octanol–water partition coefficient (Wildman–Crippen LogP) is -5.60. The molecule has 2 heterocycles. The van der Waals surface area contributed by atoms with E-state index in [1.807, 2.05) is 0 Å². The van der Waals surface area contributed by atoms with Gasteiger partial charge in [-0.1, -0.05) is 91.0 Å². The Bertz CT molecular complexity index is 3190. The van der Waals surface area contributed by atoms with Crippen molar-refractivity contribution in [3.63, 3.8) is 0 Å². The van der Waals surface area contributed by atoms with E-state index in [2.05, 4.69) is 57.5 Å². The molecule has 0 spiro atoms. The van der Waals surface area contributed by atoms with Crippen LogP contribution in [0, 0.1) is 0 Å². The number of carboxylic acid groups (broad SMARTS) is 1. The maximum absolute atomic E-state index is 14.7. The Labute approximate surface area is 549 Å². The third-order valence-electron chi connectivity index (χ3n) is 15.5. The van der Waals surface area contributed by atoms with Crippen molar-refractivity contribution in [2.75, 3.05) is 45.9 Å². The lowest BCUT2D eigenvalue weighted by molar-refractivity contribution is -0.148. The van der Waals surface area contributed by atoms with Gasteiger partial charge in [-0.3, -0.25) is 62.9 Å². The molecule has 0 aromatic heterocycles. The van der Waals surface area contributed by atoms with Gasteiger partial charge in [0.05, 0.1) is 19.2 Å². The van der Waals surface area contributed by atoms with Gasteiger partial charge in [0, 0.05) is 65.0 Å². The second kappa shape index (κ2) is 38.5. The summed E-state index contributed by atoms with van der Waals surface area (Å²) in [6, 6.07) is 12.5. The molecule has 2 aliphatic rings. The summed E-state index contributed by atoms with van der Waals surface area (Å²) in [6.45, 7) is -0.157. The van der Waals surface area contributed by atoms with Crippen molar-refractivity contribution >= 4 is 82.9 Å². The number of nitrogens with one attached hydrogen (secondary N) is 8. The second-order valence-corrected chi connectivity index (χ2v) is 23.0. The van der Waals surface area contributed by atoms with Crippen LogP contribution in [-0.4, -0.2) is 209 Å². The van der Waals surface area contributed by atoms with Gasteiger partial charge in [-0.05, 0) is 74.5 Å². The smallest absolute Gasteiger partial charge is 0.326 e. The highest BCUT2D eigenvalue weighted by molar-refractivity contribution is 5.99. The first-order valence-corrected chi connectivity index (χ1v) is 31.2. The molecule has 516 valence electrons. The Morgan fingerprint density at radius 3 is 1.41 bits per heavy atom. The second-order valence-electron chi connectivity index (χ2n) is 23.0. The molecular formula is C62H90N20O13. The number of carbonyl (C=O) groups is 11. The molecule has 95 heavy (non-hydrogen) atoms. The molecule has 24 N–H and O–H groups in total. The van der Waals surface area contributed by atoms with Crippen molar-refractivity contribution in [1.29, 1.82) is 0 Å². The summed E-state index contributed by atoms with van der Waals surface area (Å²) < 4.78 is 0. The van der Waals surface area contributed by atoms with E-state index in [-0.39, 0.29) is 115 Å². The summed E-state index contributed by atoms with van der Waals surface area (Å²) in [4.78, 5) is 167. The van der Waals surface area contributed by atoms with E-state index in [1.54, 1.807) is 91.0 Å². The number of aliphatic carboxylic acids is 1. The minimum atomic E-state index is -1.76. The summed E-state index contributed by atoms with van der Waals surface area (Å²) in [5, 5.41) is 41.4. The highest BCUT2D eigenvalue weighted by Crippen LogP contribution is 2.27. The molecule has 2 fully saturated rings. The van der Waals surface area contributed by atoms with Gasteiger partial charge in [0.2, 0.25) is 59.1 Å². The minimum absolute atomic E-state index is 0.0515. The van der Waals surface area contributed by atoms with Crippen LogP contribution >= 0.6 is 0 Å². The number of aliphatic hydroxyl groups is 1. The Morgan fingerprint density at radius 1 is 0.537 bits per heavy atom. The molecule has 3 aromatic rings. The maximum atomic E-state index is 14.7. The number of carbonyl (C=O) groups excluding carboxylic acids is 10. The average molecular weight is 1320 g/mol. The standard InChI is InChI=1S/C62H90N20O13/c1-36(84)74-40-32-49(82(34-40)58(93)48-24-14-28-81(48)57(92)42(22-12-26-71-61(66)67)76-51(86)41(63)21-11-25-70-60(64)65)56(91)73-33-50(85)75-44(29-37-15-5-2-6-16-37)52(87)80-47(35-83)55(90)79-46(31-39-19-9-4-10-20-39)54(89)78-45(30-38-17-7-3-8-18-38)53(88)77-43(59(94)95)23-13-27-72-62(68)69/h2-10,15-20,40-49,83H,11-14,21-35,63H2,1H3,(H,73,91)(H,74,84)(H,75,85)(H,76,86)(H,77,88)(H,78,89)(H,79,90)(H,80,87)(H,94,95)(H4,64,65,70)(H4,66,67,71)(H4,68,69,72). The Morgan fingerprint density at radius 2 is 0.958 bits per heavy atom. The van der Waals surface area contributed by atoms with Crippen LogP contribution in [-0.2, 0) is 72.0 Å². The van der Waals surface area contributed by atoms with Gasteiger partial charge in [0.25, 0.3) is 0 Å². The molecule has 0 aliphatic carbocycles. The largest absolute Gasteiger partial charge is 0.480 e. The maximum Gasteiger partial charge on any atom is 0.326 e. The van der Waals surface area contributed by atoms with E-state index in [4.69, 9.17) is 40.1 Å². The van der Waals surface area contributed by atoms with Crippen molar-refractivity contribution in [2.45, 2.75) is 144 Å². The number of guanidine groups is 3. The normalized spacial score (nSPS) is 17.1. The molecule has 0 radical (unpaired) electrons. The fraction of sp³-hybridized carbons (Fsp3) is 0.484. The van der Waals surface area contributed by atoms with Crippen LogP contribution in [0.1, 0.15) is 81.4 Å². The zero-order valence-electron chi connectivity index (χ0n) is 53.0. The fourth-order valence-corrected chi connectivity index (χ4v) is 10.8. The van der Waals surface area contributed by atoms with Crippen LogP contribution in [0.25, 0.3) is 0 Å². The minimum Gasteiger partial charge on any atom is -0.480 e. The topological polar surface area (TPSA) is 550 Å². The van der Waals surface area contributed by atoms with Gasteiger partial charge in [-0.2, -0.15) is 0 Å². The number of carboxylic acids is 1. The summed E-state index contributed by atoms with van der Waals surface area (Å²) in [5.41, 5.74) is 40.5. The summed E-state index contributed by atoms with van der Waals surface area (Å²) in [5.74, 6) is -9.71. The molecule has 5 rings (SSSR count). The van der Waals surface area contributed by atoms with Gasteiger partial charge in [0.15, 0.2) is 17.9 Å². The zero-order chi connectivity index (χ0) is 69.6. The van der Waals surface area contributed by atoms with Gasteiger partial charge in [-0.15, -0.1) is 0 Å². The fourth-order valence-electron chi connectivity index (χ4n) is 10.8. The molecule has 0 saturated carbocycles. The number of likely N-dealkylation sites (tertiary alicyclic amines) is 2. The molecule has 33 heteroatoms. The lowest BCUT2D eigenvalue weighted by atomic mass is 10.0. The van der Waals surface area contributed by atoms with Gasteiger partial charge in [-0.25, -0.2) is 4.79 Å². The number of nitrogens with zero attached hydrogens (tertiary/aromatic N) is 5. The quantitative estimate of drug-likeness (QED) is 0.0145. The molecule has 2 saturated heterocycles. The SMILES string of the molecule is CC(=O)NC1CC(C(=O)NCC(=O)NC(Cc2ccccc2)C(=O)NC(CO)C(=O)NC(Cc2ccccc2)C(=O)NC(Cc2ccccc2)C(=O)NC(CCCN=C(N)N)C(=O)O)N(C(=O)C2CCCN2C(=O)C(CCCN=C(N)N)NC(=O)C(N)CCCN=C(N)N)C1. The van der Waals surface area contributed by atoms with Crippen LogP contribution in [0.3, 0.4) is 0 Å². The number of hydrogen-bond acceptors (Lipinski definition) is 16. The Hall–Kier alpha value is -10.4. The number of rotatable bonds is 37. The number of benzene rings is 3. The van der Waals surface area contributed by atoms with Crippen LogP contribution < -0.4 is 82.7 Å². The highest BCUT2D eigenvalue weighted by atomic mass is 16.4.